The van der Waals surface area contributed by atoms with Gasteiger partial charge in [-0.25, -0.2) is 8.42 Å². The number of aliphatic hydroxyl groups is 1. The number of hydrogen-bond acceptors (Lipinski definition) is 6. The minimum absolute atomic E-state index is 0.0440. The maximum atomic E-state index is 13.4. The number of nitrogens with zero attached hydrogens (tertiary/aromatic N) is 1. The molecule has 1 amide bonds. The minimum Gasteiger partial charge on any atom is -0.399 e. The van der Waals surface area contributed by atoms with Gasteiger partial charge in [0.05, 0.1) is 23.0 Å². The SMILES string of the molecule is CC(C)CN(C[C@@H](O)[C@H](Cc1ccccc1)NC(=O)[C@@H]1CCNC1)S(=O)(=O)c1ccc(N)cc1. The quantitative estimate of drug-likeness (QED) is 0.356. The van der Waals surface area contributed by atoms with Crippen LogP contribution < -0.4 is 16.4 Å². The Morgan fingerprint density at radius 3 is 2.41 bits per heavy atom. The molecule has 2 aromatic rings. The lowest BCUT2D eigenvalue weighted by molar-refractivity contribution is -0.126. The number of aliphatic hydroxyl groups excluding tert-OH is 1. The highest BCUT2D eigenvalue weighted by Gasteiger charge is 2.32. The highest BCUT2D eigenvalue weighted by molar-refractivity contribution is 7.89. The summed E-state index contributed by atoms with van der Waals surface area (Å²) in [4.78, 5) is 13.0. The van der Waals surface area contributed by atoms with Gasteiger partial charge in [0, 0.05) is 25.3 Å². The third kappa shape index (κ3) is 7.02. The molecule has 5 N–H and O–H groups in total. The van der Waals surface area contributed by atoms with E-state index < -0.39 is 22.2 Å². The summed E-state index contributed by atoms with van der Waals surface area (Å²) in [6.45, 7) is 5.34. The molecule has 0 aliphatic carbocycles. The summed E-state index contributed by atoms with van der Waals surface area (Å²) < 4.78 is 28.1. The lowest BCUT2D eigenvalue weighted by Crippen LogP contribution is -2.52. The van der Waals surface area contributed by atoms with Crippen molar-refractivity contribution in [2.24, 2.45) is 11.8 Å². The number of anilines is 1. The average molecular weight is 489 g/mol. The molecule has 3 atom stereocenters. The van der Waals surface area contributed by atoms with Crippen LogP contribution in [0.1, 0.15) is 25.8 Å². The molecule has 0 unspecified atom stereocenters. The second-order valence-corrected chi connectivity index (χ2v) is 11.3. The van der Waals surface area contributed by atoms with Crippen molar-refractivity contribution in [2.75, 3.05) is 31.9 Å². The first-order valence-corrected chi connectivity index (χ1v) is 13.2. The fraction of sp³-hybridized carbons (Fsp3) is 0.480. The summed E-state index contributed by atoms with van der Waals surface area (Å²) in [5, 5.41) is 17.4. The van der Waals surface area contributed by atoms with Crippen LogP contribution in [0.2, 0.25) is 0 Å². The first kappa shape index (κ1) is 26.2. The average Bonchev–Trinajstić information content (AvgIpc) is 3.34. The number of sulfonamides is 1. The molecule has 186 valence electrons. The van der Waals surface area contributed by atoms with Crippen LogP contribution in [-0.4, -0.2) is 62.1 Å². The van der Waals surface area contributed by atoms with Crippen LogP contribution in [-0.2, 0) is 21.2 Å². The molecular weight excluding hydrogens is 452 g/mol. The van der Waals surface area contributed by atoms with Crippen molar-refractivity contribution in [3.63, 3.8) is 0 Å². The third-order valence-electron chi connectivity index (χ3n) is 6.00. The van der Waals surface area contributed by atoms with E-state index in [0.29, 0.717) is 18.7 Å². The first-order chi connectivity index (χ1) is 16.2. The smallest absolute Gasteiger partial charge is 0.243 e. The lowest BCUT2D eigenvalue weighted by atomic mass is 9.99. The molecule has 2 aromatic carbocycles. The number of amides is 1. The third-order valence-corrected chi connectivity index (χ3v) is 7.84. The Morgan fingerprint density at radius 1 is 1.15 bits per heavy atom. The monoisotopic (exact) mass is 488 g/mol. The van der Waals surface area contributed by atoms with E-state index in [4.69, 9.17) is 5.73 Å². The summed E-state index contributed by atoms with van der Waals surface area (Å²) in [5.41, 5.74) is 7.15. The summed E-state index contributed by atoms with van der Waals surface area (Å²) in [5.74, 6) is -0.236. The van der Waals surface area contributed by atoms with Crippen molar-refractivity contribution >= 4 is 21.6 Å². The minimum atomic E-state index is -3.86. The number of carbonyl (C=O) groups is 1. The zero-order chi connectivity index (χ0) is 24.7. The van der Waals surface area contributed by atoms with E-state index in [9.17, 15) is 18.3 Å². The van der Waals surface area contributed by atoms with Gasteiger partial charge in [0.15, 0.2) is 0 Å². The Hall–Kier alpha value is -2.46. The van der Waals surface area contributed by atoms with Gasteiger partial charge in [0.1, 0.15) is 0 Å². The molecule has 3 rings (SSSR count). The van der Waals surface area contributed by atoms with Gasteiger partial charge in [-0.2, -0.15) is 4.31 Å². The van der Waals surface area contributed by atoms with E-state index in [2.05, 4.69) is 10.6 Å². The summed E-state index contributed by atoms with van der Waals surface area (Å²) >= 11 is 0. The van der Waals surface area contributed by atoms with Gasteiger partial charge in [-0.3, -0.25) is 4.79 Å². The van der Waals surface area contributed by atoms with Crippen molar-refractivity contribution in [2.45, 2.75) is 43.7 Å². The molecule has 1 heterocycles. The van der Waals surface area contributed by atoms with E-state index in [-0.39, 0.29) is 35.7 Å². The maximum absolute atomic E-state index is 13.4. The van der Waals surface area contributed by atoms with Crippen molar-refractivity contribution in [3.8, 4) is 0 Å². The number of hydrogen-bond donors (Lipinski definition) is 4. The van der Waals surface area contributed by atoms with E-state index in [1.807, 2.05) is 44.2 Å². The van der Waals surface area contributed by atoms with E-state index in [0.717, 1.165) is 18.5 Å². The van der Waals surface area contributed by atoms with Gasteiger partial charge >= 0.3 is 0 Å². The Balaban J connectivity index is 1.83. The second-order valence-electron chi connectivity index (χ2n) is 9.35. The molecule has 1 aliphatic heterocycles. The first-order valence-electron chi connectivity index (χ1n) is 11.8. The van der Waals surface area contributed by atoms with Gasteiger partial charge in [0.25, 0.3) is 0 Å². The highest BCUT2D eigenvalue weighted by atomic mass is 32.2. The second kappa shape index (κ2) is 11.8. The van der Waals surface area contributed by atoms with Crippen molar-refractivity contribution in [1.82, 2.24) is 14.9 Å². The fourth-order valence-electron chi connectivity index (χ4n) is 4.13. The standard InChI is InChI=1S/C25H36N4O4S/c1-18(2)16-29(34(32,33)22-10-8-21(26)9-11-22)17-24(30)23(14-19-6-4-3-5-7-19)28-25(31)20-12-13-27-15-20/h3-11,18,20,23-24,27,30H,12-17,26H2,1-2H3,(H,28,31)/t20-,23+,24-/m1/s1. The van der Waals surface area contributed by atoms with Crippen LogP contribution in [0.5, 0.6) is 0 Å². The Labute approximate surface area is 202 Å². The van der Waals surface area contributed by atoms with Gasteiger partial charge in [-0.15, -0.1) is 0 Å². The molecule has 0 radical (unpaired) electrons. The molecule has 9 heteroatoms. The number of rotatable bonds is 11. The molecule has 8 nitrogen and oxygen atoms in total. The van der Waals surface area contributed by atoms with Crippen LogP contribution in [0.3, 0.4) is 0 Å². The van der Waals surface area contributed by atoms with Gasteiger partial charge in [0.2, 0.25) is 15.9 Å². The van der Waals surface area contributed by atoms with Crippen molar-refractivity contribution < 1.29 is 18.3 Å². The predicted molar refractivity (Wildman–Crippen MR) is 134 cm³/mol. The van der Waals surface area contributed by atoms with Crippen LogP contribution >= 0.6 is 0 Å². The normalized spacial score (nSPS) is 18.2. The molecular formula is C25H36N4O4S. The molecule has 1 aliphatic rings. The van der Waals surface area contributed by atoms with Crippen molar-refractivity contribution in [1.29, 1.82) is 0 Å². The molecule has 0 saturated carbocycles. The molecule has 0 spiro atoms. The van der Waals surface area contributed by atoms with Crippen LogP contribution in [0.4, 0.5) is 5.69 Å². The number of carbonyl (C=O) groups excluding carboxylic acids is 1. The topological polar surface area (TPSA) is 125 Å². The van der Waals surface area contributed by atoms with E-state index in [1.54, 1.807) is 12.1 Å². The van der Waals surface area contributed by atoms with E-state index >= 15 is 0 Å². The summed E-state index contributed by atoms with van der Waals surface area (Å²) in [6.07, 6.45) is 0.0388. The summed E-state index contributed by atoms with van der Waals surface area (Å²) in [7, 11) is -3.86. The van der Waals surface area contributed by atoms with Crippen LogP contribution in [0.25, 0.3) is 0 Å². The van der Waals surface area contributed by atoms with Crippen LogP contribution in [0, 0.1) is 11.8 Å². The number of nitrogens with two attached hydrogens (primary N) is 1. The number of benzene rings is 2. The molecule has 34 heavy (non-hydrogen) atoms. The molecule has 0 aromatic heterocycles. The molecule has 1 fully saturated rings. The fourth-order valence-corrected chi connectivity index (χ4v) is 5.75. The molecule has 0 bridgehead atoms. The largest absolute Gasteiger partial charge is 0.399 e. The van der Waals surface area contributed by atoms with E-state index in [1.165, 1.54) is 16.4 Å². The Morgan fingerprint density at radius 2 is 1.82 bits per heavy atom. The summed E-state index contributed by atoms with van der Waals surface area (Å²) in [6, 6.07) is 15.0. The Kier molecular flexibility index (Phi) is 9.07. The lowest BCUT2D eigenvalue weighted by Gasteiger charge is -2.31. The van der Waals surface area contributed by atoms with Crippen molar-refractivity contribution in [3.05, 3.63) is 60.2 Å². The zero-order valence-electron chi connectivity index (χ0n) is 19.9. The predicted octanol–water partition coefficient (Wildman–Crippen LogP) is 1.61. The number of nitrogen functional groups attached to an aromatic ring is 1. The van der Waals surface area contributed by atoms with Gasteiger partial charge in [-0.1, -0.05) is 44.2 Å². The Bertz CT molecular complexity index is 1020. The highest BCUT2D eigenvalue weighted by Crippen LogP contribution is 2.20. The number of nitrogens with one attached hydrogen (secondary N) is 2. The van der Waals surface area contributed by atoms with Gasteiger partial charge in [-0.05, 0) is 55.1 Å². The van der Waals surface area contributed by atoms with Crippen LogP contribution in [0.15, 0.2) is 59.5 Å². The maximum Gasteiger partial charge on any atom is 0.243 e. The molecule has 1 saturated heterocycles. The van der Waals surface area contributed by atoms with Gasteiger partial charge < -0.3 is 21.5 Å². The zero-order valence-corrected chi connectivity index (χ0v) is 20.7.